The number of hydrogen-bond donors (Lipinski definition) is 1. The van der Waals surface area contributed by atoms with Crippen molar-refractivity contribution in [3.05, 3.63) is 40.5 Å². The highest BCUT2D eigenvalue weighted by Crippen LogP contribution is 2.30. The summed E-state index contributed by atoms with van der Waals surface area (Å²) in [5, 5.41) is 11.3. The summed E-state index contributed by atoms with van der Waals surface area (Å²) >= 11 is 1.46. The second-order valence-corrected chi connectivity index (χ2v) is 6.70. The van der Waals surface area contributed by atoms with E-state index in [4.69, 9.17) is 13.9 Å². The van der Waals surface area contributed by atoms with Gasteiger partial charge in [0.15, 0.2) is 11.5 Å². The van der Waals surface area contributed by atoms with Crippen LogP contribution in [0.5, 0.6) is 11.5 Å². The first-order valence-corrected chi connectivity index (χ1v) is 8.81. The van der Waals surface area contributed by atoms with Crippen LogP contribution in [0.2, 0.25) is 0 Å². The predicted molar refractivity (Wildman–Crippen MR) is 102 cm³/mol. The molecule has 1 amide bonds. The molecule has 0 radical (unpaired) electrons. The smallest absolute Gasteiger partial charge is 0.322 e. The lowest BCUT2D eigenvalue weighted by atomic mass is 10.2. The molecular formula is C18H18N4O4S. The Hall–Kier alpha value is -3.20. The average Bonchev–Trinajstić information content (AvgIpc) is 3.25. The third kappa shape index (κ3) is 4.32. The van der Waals surface area contributed by atoms with Crippen molar-refractivity contribution in [1.82, 2.24) is 15.2 Å². The van der Waals surface area contributed by atoms with Crippen molar-refractivity contribution < 1.29 is 18.7 Å². The van der Waals surface area contributed by atoms with Gasteiger partial charge in [0.25, 0.3) is 11.8 Å². The molecule has 0 saturated heterocycles. The molecule has 2 aromatic heterocycles. The number of amides is 1. The molecule has 0 saturated carbocycles. The molecule has 3 aromatic rings. The second kappa shape index (κ2) is 8.00. The molecular weight excluding hydrogens is 368 g/mol. The third-order valence-electron chi connectivity index (χ3n) is 3.59. The highest BCUT2D eigenvalue weighted by atomic mass is 32.1. The van der Waals surface area contributed by atoms with E-state index < -0.39 is 5.91 Å². The van der Waals surface area contributed by atoms with Gasteiger partial charge in [-0.1, -0.05) is 11.2 Å². The lowest BCUT2D eigenvalue weighted by Crippen LogP contribution is -2.07. The van der Waals surface area contributed by atoms with Gasteiger partial charge in [0.2, 0.25) is 0 Å². The number of rotatable bonds is 6. The van der Waals surface area contributed by atoms with Crippen molar-refractivity contribution in [3.8, 4) is 22.3 Å². The highest BCUT2D eigenvalue weighted by molar-refractivity contribution is 7.15. The van der Waals surface area contributed by atoms with Gasteiger partial charge in [-0.2, -0.15) is 0 Å². The number of methoxy groups -OCH3 is 2. The van der Waals surface area contributed by atoms with Crippen LogP contribution in [0.3, 0.4) is 0 Å². The van der Waals surface area contributed by atoms with E-state index in [1.807, 2.05) is 19.9 Å². The summed E-state index contributed by atoms with van der Waals surface area (Å²) in [5.41, 5.74) is 1.59. The summed E-state index contributed by atoms with van der Waals surface area (Å²) in [6.07, 6.45) is 3.01. The summed E-state index contributed by atoms with van der Waals surface area (Å²) in [6, 6.07) is 5.37. The van der Waals surface area contributed by atoms with E-state index in [1.54, 1.807) is 32.4 Å². The second-order valence-electron chi connectivity index (χ2n) is 5.50. The molecule has 2 heterocycles. The number of ether oxygens (including phenoxy) is 2. The fourth-order valence-corrected chi connectivity index (χ4v) is 3.21. The van der Waals surface area contributed by atoms with Crippen molar-refractivity contribution in [2.45, 2.75) is 13.8 Å². The number of benzene rings is 1. The summed E-state index contributed by atoms with van der Waals surface area (Å²) in [5.74, 6) is 1.14. The number of carbonyl (C=O) groups excluding carboxylic acids is 1. The average molecular weight is 386 g/mol. The highest BCUT2D eigenvalue weighted by Gasteiger charge is 2.15. The van der Waals surface area contributed by atoms with Gasteiger partial charge in [0.05, 0.1) is 24.9 Å². The zero-order valence-electron chi connectivity index (χ0n) is 15.3. The fourth-order valence-electron chi connectivity index (χ4n) is 2.37. The molecule has 0 atom stereocenters. The lowest BCUT2D eigenvalue weighted by Gasteiger charge is -2.07. The number of aryl methyl sites for hydroxylation is 2. The number of nitrogens with zero attached hydrogens (tertiary/aromatic N) is 3. The first kappa shape index (κ1) is 18.6. The van der Waals surface area contributed by atoms with E-state index in [2.05, 4.69) is 20.5 Å². The minimum absolute atomic E-state index is 0.0254. The minimum atomic E-state index is -0.391. The van der Waals surface area contributed by atoms with Crippen LogP contribution in [0.15, 0.2) is 28.7 Å². The van der Waals surface area contributed by atoms with Crippen LogP contribution >= 0.6 is 11.3 Å². The van der Waals surface area contributed by atoms with Gasteiger partial charge < -0.3 is 13.9 Å². The quantitative estimate of drug-likeness (QED) is 0.647. The van der Waals surface area contributed by atoms with Crippen LogP contribution in [-0.4, -0.2) is 35.3 Å². The molecule has 0 fully saturated rings. The molecule has 0 spiro atoms. The zero-order valence-corrected chi connectivity index (χ0v) is 16.1. The first-order chi connectivity index (χ1) is 13.0. The molecule has 140 valence electrons. The maximum absolute atomic E-state index is 12.1. The predicted octanol–water partition coefficient (Wildman–Crippen LogP) is 3.48. The van der Waals surface area contributed by atoms with Gasteiger partial charge in [-0.3, -0.25) is 10.1 Å². The molecule has 8 nitrogen and oxygen atoms in total. The number of thiazole rings is 1. The van der Waals surface area contributed by atoms with Crippen LogP contribution in [0.1, 0.15) is 16.3 Å². The normalized spacial score (nSPS) is 11.0. The molecule has 0 unspecified atom stereocenters. The summed E-state index contributed by atoms with van der Waals surface area (Å²) in [6.45, 7) is 3.77. The summed E-state index contributed by atoms with van der Waals surface area (Å²) < 4.78 is 15.9. The molecule has 3 rings (SSSR count). The van der Waals surface area contributed by atoms with Crippen molar-refractivity contribution in [1.29, 1.82) is 0 Å². The maximum Gasteiger partial charge on any atom is 0.322 e. The summed E-state index contributed by atoms with van der Waals surface area (Å²) in [7, 11) is 3.12. The zero-order chi connectivity index (χ0) is 19.4. The van der Waals surface area contributed by atoms with E-state index in [-0.39, 0.29) is 6.01 Å². The molecule has 0 aliphatic heterocycles. The molecule has 0 aliphatic rings. The van der Waals surface area contributed by atoms with Crippen LogP contribution in [0.4, 0.5) is 6.01 Å². The van der Waals surface area contributed by atoms with E-state index in [0.717, 1.165) is 21.1 Å². The molecule has 0 bridgehead atoms. The third-order valence-corrected chi connectivity index (χ3v) is 4.65. The largest absolute Gasteiger partial charge is 0.493 e. The number of nitrogens with one attached hydrogen (secondary N) is 1. The van der Waals surface area contributed by atoms with E-state index in [9.17, 15) is 4.79 Å². The van der Waals surface area contributed by atoms with Crippen molar-refractivity contribution >= 4 is 29.3 Å². The van der Waals surface area contributed by atoms with Gasteiger partial charge in [0.1, 0.15) is 4.88 Å². The molecule has 1 N–H and O–H groups in total. The van der Waals surface area contributed by atoms with Crippen LogP contribution in [0.25, 0.3) is 16.8 Å². The monoisotopic (exact) mass is 386 g/mol. The number of aromatic nitrogens is 3. The van der Waals surface area contributed by atoms with Gasteiger partial charge in [-0.25, -0.2) is 4.98 Å². The number of anilines is 1. The fraction of sp³-hybridized carbons (Fsp3) is 0.222. The van der Waals surface area contributed by atoms with Crippen molar-refractivity contribution in [2.24, 2.45) is 0 Å². The van der Waals surface area contributed by atoms with Gasteiger partial charge in [-0.05, 0) is 37.6 Å². The Bertz CT molecular complexity index is 993. The SMILES string of the molecule is COc1ccc(C=CC(=O)Nc2nnc(-c3sc(C)nc3C)o2)cc1OC. The number of hydrogen-bond acceptors (Lipinski definition) is 8. The standard InChI is InChI=1S/C18H18N4O4S/c1-10-16(27-11(2)19-10)17-21-22-18(26-17)20-15(23)8-6-12-5-7-13(24-3)14(9-12)25-4/h5-9H,1-4H3,(H,20,22,23). The molecule has 27 heavy (non-hydrogen) atoms. The van der Waals surface area contributed by atoms with E-state index in [1.165, 1.54) is 17.4 Å². The van der Waals surface area contributed by atoms with Crippen LogP contribution < -0.4 is 14.8 Å². The first-order valence-electron chi connectivity index (χ1n) is 7.99. The van der Waals surface area contributed by atoms with Crippen molar-refractivity contribution in [3.63, 3.8) is 0 Å². The van der Waals surface area contributed by atoms with Crippen LogP contribution in [0, 0.1) is 13.8 Å². The Balaban J connectivity index is 1.68. The van der Waals surface area contributed by atoms with Crippen molar-refractivity contribution in [2.75, 3.05) is 19.5 Å². The Labute approximate surface area is 159 Å². The Morgan fingerprint density at radius 2 is 1.96 bits per heavy atom. The van der Waals surface area contributed by atoms with Gasteiger partial charge >= 0.3 is 6.01 Å². The number of carbonyl (C=O) groups is 1. The Morgan fingerprint density at radius 1 is 1.19 bits per heavy atom. The molecule has 1 aromatic carbocycles. The molecule has 9 heteroatoms. The van der Waals surface area contributed by atoms with Gasteiger partial charge in [-0.15, -0.1) is 16.4 Å². The maximum atomic E-state index is 12.1. The molecule has 0 aliphatic carbocycles. The summed E-state index contributed by atoms with van der Waals surface area (Å²) in [4.78, 5) is 17.2. The Kier molecular flexibility index (Phi) is 5.51. The topological polar surface area (TPSA) is 99.4 Å². The minimum Gasteiger partial charge on any atom is -0.493 e. The lowest BCUT2D eigenvalue weighted by molar-refractivity contribution is -0.112. The van der Waals surface area contributed by atoms with E-state index in [0.29, 0.717) is 17.4 Å². The van der Waals surface area contributed by atoms with E-state index >= 15 is 0 Å². The van der Waals surface area contributed by atoms with Gasteiger partial charge in [0, 0.05) is 6.08 Å². The van der Waals surface area contributed by atoms with Crippen LogP contribution in [-0.2, 0) is 4.79 Å². The Morgan fingerprint density at radius 3 is 2.63 bits per heavy atom.